The third-order valence-electron chi connectivity index (χ3n) is 4.91. The number of rotatable bonds is 10. The van der Waals surface area contributed by atoms with Gasteiger partial charge in [-0.2, -0.15) is 23.4 Å². The van der Waals surface area contributed by atoms with Crippen LogP contribution in [0, 0.1) is 11.3 Å². The Morgan fingerprint density at radius 1 is 1.10 bits per heavy atom. The number of halogens is 3. The lowest BCUT2D eigenvalue weighted by molar-refractivity contribution is -0.132. The molecule has 0 bridgehead atoms. The third-order valence-corrected chi connectivity index (χ3v) is 5.60. The van der Waals surface area contributed by atoms with Crippen LogP contribution in [-0.2, 0) is 32.0 Å². The lowest BCUT2D eigenvalue weighted by atomic mass is 10.1. The van der Waals surface area contributed by atoms with E-state index >= 15 is 0 Å². The predicted octanol–water partition coefficient (Wildman–Crippen LogP) is 4.20. The molecule has 0 aliphatic carbocycles. The van der Waals surface area contributed by atoms with Crippen LogP contribution in [0.15, 0.2) is 24.5 Å². The number of carbonyl (C=O) groups excluding carboxylic acids is 2. The van der Waals surface area contributed by atoms with Gasteiger partial charge in [-0.05, 0) is 32.4 Å². The van der Waals surface area contributed by atoms with Crippen molar-refractivity contribution in [1.29, 1.82) is 5.26 Å². The average molecular weight is 569 g/mol. The highest BCUT2D eigenvalue weighted by Gasteiger charge is 2.41. The number of alkyl halides is 3. The molecule has 0 saturated heterocycles. The molecule has 2 heterocycles. The van der Waals surface area contributed by atoms with Crippen molar-refractivity contribution in [1.82, 2.24) is 14.5 Å². The molecule has 0 aliphatic heterocycles. The molecular formula is C24H23F3N4O7S. The topological polar surface area (TPSA) is 143 Å². The first kappa shape index (κ1) is 29.5. The van der Waals surface area contributed by atoms with Crippen LogP contribution in [0.2, 0.25) is 0 Å². The van der Waals surface area contributed by atoms with E-state index in [1.807, 2.05) is 19.9 Å². The third kappa shape index (κ3) is 7.30. The number of fused-ring (bicyclic) bond motifs is 1. The van der Waals surface area contributed by atoms with Crippen LogP contribution in [0.3, 0.4) is 0 Å². The van der Waals surface area contributed by atoms with Gasteiger partial charge >= 0.3 is 28.5 Å². The van der Waals surface area contributed by atoms with Crippen molar-refractivity contribution in [3.05, 3.63) is 30.1 Å². The molecule has 0 aliphatic rings. The molecule has 1 unspecified atom stereocenters. The molecule has 1 atom stereocenters. The van der Waals surface area contributed by atoms with Gasteiger partial charge in [-0.1, -0.05) is 0 Å². The largest absolute Gasteiger partial charge is 0.508 e. The van der Waals surface area contributed by atoms with Crippen LogP contribution in [0.4, 0.5) is 13.2 Å². The molecule has 0 N–H and O–H groups in total. The summed E-state index contributed by atoms with van der Waals surface area (Å²) in [4.78, 5) is 31.1. The number of benzene rings is 1. The Labute approximate surface area is 223 Å². The molecule has 15 heteroatoms. The van der Waals surface area contributed by atoms with Gasteiger partial charge in [0.1, 0.15) is 40.5 Å². The molecular weight excluding hydrogens is 545 g/mol. The van der Waals surface area contributed by atoms with Gasteiger partial charge in [0.25, 0.3) is 5.88 Å². The minimum atomic E-state index is -5.20. The van der Waals surface area contributed by atoms with Gasteiger partial charge in [0, 0.05) is 38.6 Å². The van der Waals surface area contributed by atoms with Crippen molar-refractivity contribution in [2.45, 2.75) is 52.3 Å². The van der Waals surface area contributed by atoms with Crippen LogP contribution in [0.25, 0.3) is 22.3 Å². The molecule has 11 nitrogen and oxygen atoms in total. The standard InChI is InChI=1S/C24H23F3N4O7S/c1-13(2)35-7-5-6-31-21(16-8-17(36-14(3)32)10-18(9-16)37-15(4)33)19(11-28)20-22(31)23(30-12-29-20)38-39(34)24(25,26)27/h8-10,12-13H,5-7H2,1-4H3. The zero-order valence-electron chi connectivity index (χ0n) is 21.2. The minimum Gasteiger partial charge on any atom is -0.427 e. The Bertz CT molecular complexity index is 1430. The molecule has 3 aromatic rings. The lowest BCUT2D eigenvalue weighted by Gasteiger charge is -2.15. The molecule has 2 aromatic heterocycles. The van der Waals surface area contributed by atoms with Crippen LogP contribution in [0.1, 0.15) is 39.7 Å². The van der Waals surface area contributed by atoms with Crippen LogP contribution in [0.5, 0.6) is 17.4 Å². The van der Waals surface area contributed by atoms with Gasteiger partial charge in [0.05, 0.1) is 11.8 Å². The van der Waals surface area contributed by atoms with E-state index in [2.05, 4.69) is 14.2 Å². The van der Waals surface area contributed by atoms with Crippen molar-refractivity contribution < 1.29 is 45.4 Å². The first-order valence-electron chi connectivity index (χ1n) is 11.4. The predicted molar refractivity (Wildman–Crippen MR) is 131 cm³/mol. The Hall–Kier alpha value is -4.03. The summed E-state index contributed by atoms with van der Waals surface area (Å²) >= 11 is -3.76. The Morgan fingerprint density at radius 2 is 1.72 bits per heavy atom. The Morgan fingerprint density at radius 3 is 2.23 bits per heavy atom. The normalized spacial score (nSPS) is 12.3. The SMILES string of the molecule is CC(=O)Oc1cc(OC(C)=O)cc(-c2c(C#N)c3ncnc(OS(=O)C(F)(F)F)c3n2CCCOC(C)C)c1. The molecule has 39 heavy (non-hydrogen) atoms. The molecule has 0 radical (unpaired) electrons. The maximum Gasteiger partial charge on any atom is 0.508 e. The Balaban J connectivity index is 2.31. The summed E-state index contributed by atoms with van der Waals surface area (Å²) in [5.41, 5.74) is -5.16. The first-order chi connectivity index (χ1) is 18.3. The van der Waals surface area contributed by atoms with Gasteiger partial charge in [-0.15, -0.1) is 0 Å². The van der Waals surface area contributed by atoms with E-state index in [1.165, 1.54) is 22.8 Å². The van der Waals surface area contributed by atoms with Gasteiger partial charge in [0.2, 0.25) is 0 Å². The number of nitrogens with zero attached hydrogens (tertiary/aromatic N) is 4. The molecule has 1 aromatic carbocycles. The fraction of sp³-hybridized carbons (Fsp3) is 0.375. The number of esters is 2. The highest BCUT2D eigenvalue weighted by atomic mass is 32.2. The number of carbonyl (C=O) groups is 2. The molecule has 0 fully saturated rings. The van der Waals surface area contributed by atoms with E-state index in [0.717, 1.165) is 20.2 Å². The van der Waals surface area contributed by atoms with Crippen molar-refractivity contribution in [2.24, 2.45) is 0 Å². The van der Waals surface area contributed by atoms with Gasteiger partial charge in [0.15, 0.2) is 0 Å². The second-order valence-corrected chi connectivity index (χ2v) is 9.38. The summed E-state index contributed by atoms with van der Waals surface area (Å²) in [5, 5.41) is 10.1. The molecule has 208 valence electrons. The molecule has 0 saturated carbocycles. The zero-order valence-corrected chi connectivity index (χ0v) is 22.0. The fourth-order valence-electron chi connectivity index (χ4n) is 3.66. The van der Waals surface area contributed by atoms with Crippen molar-refractivity contribution in [3.63, 3.8) is 0 Å². The number of aryl methyl sites for hydroxylation is 1. The molecule has 0 spiro atoms. The zero-order chi connectivity index (χ0) is 28.9. The number of hydrogen-bond donors (Lipinski definition) is 0. The summed E-state index contributed by atoms with van der Waals surface area (Å²) in [5.74, 6) is -2.07. The number of ether oxygens (including phenoxy) is 3. The second kappa shape index (κ2) is 12.2. The smallest absolute Gasteiger partial charge is 0.427 e. The van der Waals surface area contributed by atoms with Crippen molar-refractivity contribution in [2.75, 3.05) is 6.61 Å². The van der Waals surface area contributed by atoms with Crippen molar-refractivity contribution in [3.8, 4) is 34.7 Å². The summed E-state index contributed by atoms with van der Waals surface area (Å²) in [6.45, 7) is 6.29. The van der Waals surface area contributed by atoms with E-state index in [-0.39, 0.29) is 58.6 Å². The van der Waals surface area contributed by atoms with Crippen LogP contribution >= 0.6 is 0 Å². The van der Waals surface area contributed by atoms with Crippen LogP contribution in [-0.4, -0.2) is 48.9 Å². The quantitative estimate of drug-likeness (QED) is 0.198. The molecule has 0 amide bonds. The summed E-state index contributed by atoms with van der Waals surface area (Å²) in [6.07, 6.45) is 1.11. The van der Waals surface area contributed by atoms with E-state index in [0.29, 0.717) is 6.42 Å². The average Bonchev–Trinajstić information content (AvgIpc) is 3.14. The number of nitriles is 1. The van der Waals surface area contributed by atoms with E-state index in [4.69, 9.17) is 14.2 Å². The van der Waals surface area contributed by atoms with Crippen LogP contribution < -0.4 is 13.7 Å². The van der Waals surface area contributed by atoms with Crippen molar-refractivity contribution >= 4 is 34.1 Å². The first-order valence-corrected chi connectivity index (χ1v) is 12.5. The highest BCUT2D eigenvalue weighted by molar-refractivity contribution is 7.81. The summed E-state index contributed by atoms with van der Waals surface area (Å²) < 4.78 is 72.9. The van der Waals surface area contributed by atoms with Gasteiger partial charge in [-0.3, -0.25) is 9.59 Å². The van der Waals surface area contributed by atoms with E-state index in [9.17, 15) is 32.2 Å². The maximum absolute atomic E-state index is 13.0. The highest BCUT2D eigenvalue weighted by Crippen LogP contribution is 2.39. The maximum atomic E-state index is 13.0. The summed E-state index contributed by atoms with van der Waals surface area (Å²) in [7, 11) is 0. The van der Waals surface area contributed by atoms with E-state index < -0.39 is 34.4 Å². The number of aromatic nitrogens is 3. The van der Waals surface area contributed by atoms with E-state index in [1.54, 1.807) is 0 Å². The second-order valence-electron chi connectivity index (χ2n) is 8.28. The summed E-state index contributed by atoms with van der Waals surface area (Å²) in [6, 6.07) is 6.03. The van der Waals surface area contributed by atoms with Gasteiger partial charge in [-0.25, -0.2) is 9.19 Å². The Kier molecular flexibility index (Phi) is 9.25. The fourth-order valence-corrected chi connectivity index (χ4v) is 4.02. The number of hydrogen-bond acceptors (Lipinski definition) is 10. The molecule has 3 rings (SSSR count). The minimum absolute atomic E-state index is 0.0270. The monoisotopic (exact) mass is 568 g/mol. The lowest BCUT2D eigenvalue weighted by Crippen LogP contribution is -2.21. The van der Waals surface area contributed by atoms with Gasteiger partial charge < -0.3 is 23.0 Å².